The van der Waals surface area contributed by atoms with Gasteiger partial charge in [-0.2, -0.15) is 0 Å². The van der Waals surface area contributed by atoms with E-state index in [1.807, 2.05) is 0 Å². The molecular formula is C31H34Cl2FNO10. The van der Waals surface area contributed by atoms with Crippen LogP contribution in [-0.4, -0.2) is 94.8 Å². The third-order valence-electron chi connectivity index (χ3n) is 7.93. The third-order valence-corrected chi connectivity index (χ3v) is 8.46. The maximum atomic E-state index is 15.0. The lowest BCUT2D eigenvalue weighted by molar-refractivity contribution is -0.155. The molecule has 2 aromatic carbocycles. The highest BCUT2D eigenvalue weighted by molar-refractivity contribution is 6.35. The number of halogens is 3. The standard InChI is InChI=1S/C31H34Cl2FNO10/c1-14(7-8-41-21-6-4-17(32)11-18(21)33)28-20(36)12-23(45-28)44-22-5-3-16(10-19(22)34)9-15(2)31(40)35-24-25(37)27(39)30-29(26(24)38)42-13-43-30/h3-7,9-11,20,23-30,36-39H,8,12-13H2,1-2H3,(H,35,40)/t20-,23?,24?,25-,26+,27+,28+,29-,30+/m0/s1. The van der Waals surface area contributed by atoms with Gasteiger partial charge in [-0.3, -0.25) is 4.79 Å². The van der Waals surface area contributed by atoms with Gasteiger partial charge in [-0.05, 0) is 67.5 Å². The SMILES string of the molecule is CC(=Cc1ccc(OC2C[C@H](O)[C@@H](C(C)=CCOc3ccc(Cl)cc3Cl)O2)c(F)c1)C(=O)NC1[C@@H](O)[C@@H]2OCO[C@@H]2[C@H](O)[C@H]1O. The van der Waals surface area contributed by atoms with Crippen molar-refractivity contribution in [2.24, 2.45) is 0 Å². The molecule has 3 fully saturated rings. The van der Waals surface area contributed by atoms with Gasteiger partial charge in [0.05, 0.1) is 17.2 Å². The molecule has 0 spiro atoms. The molecule has 2 unspecified atom stereocenters. The summed E-state index contributed by atoms with van der Waals surface area (Å²) >= 11 is 12.0. The molecule has 5 rings (SSSR count). The molecule has 1 amide bonds. The lowest BCUT2D eigenvalue weighted by Crippen LogP contribution is -2.67. The van der Waals surface area contributed by atoms with Crippen LogP contribution in [0.25, 0.3) is 6.08 Å². The third kappa shape index (κ3) is 7.62. The number of benzene rings is 2. The largest absolute Gasteiger partial charge is 0.488 e. The van der Waals surface area contributed by atoms with E-state index in [1.165, 1.54) is 31.2 Å². The van der Waals surface area contributed by atoms with E-state index in [4.69, 9.17) is 46.9 Å². The highest BCUT2D eigenvalue weighted by Crippen LogP contribution is 2.32. The van der Waals surface area contributed by atoms with Crippen LogP contribution >= 0.6 is 23.2 Å². The number of aliphatic hydroxyl groups excluding tert-OH is 4. The number of hydrogen-bond acceptors (Lipinski definition) is 10. The average molecular weight is 671 g/mol. The molecular weight excluding hydrogens is 636 g/mol. The van der Waals surface area contributed by atoms with Crippen molar-refractivity contribution in [2.45, 2.75) is 75.3 Å². The minimum absolute atomic E-state index is 0.104. The zero-order chi connectivity index (χ0) is 32.4. The van der Waals surface area contributed by atoms with Crippen molar-refractivity contribution in [1.82, 2.24) is 5.32 Å². The second-order valence-electron chi connectivity index (χ2n) is 11.1. The van der Waals surface area contributed by atoms with E-state index < -0.39 is 66.8 Å². The van der Waals surface area contributed by atoms with Gasteiger partial charge in [0.25, 0.3) is 0 Å². The number of rotatable bonds is 9. The summed E-state index contributed by atoms with van der Waals surface area (Å²) in [4.78, 5) is 12.8. The van der Waals surface area contributed by atoms with Crippen molar-refractivity contribution in [3.05, 3.63) is 75.0 Å². The quantitative estimate of drug-likeness (QED) is 0.199. The Labute approximate surface area is 268 Å². The predicted molar refractivity (Wildman–Crippen MR) is 160 cm³/mol. The number of ether oxygens (including phenoxy) is 5. The van der Waals surface area contributed by atoms with E-state index in [2.05, 4.69) is 5.32 Å². The molecule has 45 heavy (non-hydrogen) atoms. The van der Waals surface area contributed by atoms with Gasteiger partial charge >= 0.3 is 0 Å². The zero-order valence-electron chi connectivity index (χ0n) is 24.3. The number of amides is 1. The molecule has 2 saturated heterocycles. The normalized spacial score (nSPS) is 31.9. The Morgan fingerprint density at radius 2 is 1.73 bits per heavy atom. The van der Waals surface area contributed by atoms with Crippen molar-refractivity contribution in [2.75, 3.05) is 13.4 Å². The second-order valence-corrected chi connectivity index (χ2v) is 12.0. The van der Waals surface area contributed by atoms with Crippen LogP contribution in [0.3, 0.4) is 0 Å². The van der Waals surface area contributed by atoms with Gasteiger partial charge in [-0.1, -0.05) is 29.3 Å². The maximum absolute atomic E-state index is 15.0. The van der Waals surface area contributed by atoms with Gasteiger partial charge < -0.3 is 49.4 Å². The summed E-state index contributed by atoms with van der Waals surface area (Å²) in [6, 6.07) is 7.74. The first kappa shape index (κ1) is 33.6. The summed E-state index contributed by atoms with van der Waals surface area (Å²) in [7, 11) is 0. The molecule has 11 nitrogen and oxygen atoms in total. The summed E-state index contributed by atoms with van der Waals surface area (Å²) in [6.45, 7) is 3.27. The van der Waals surface area contributed by atoms with Crippen molar-refractivity contribution in [1.29, 1.82) is 0 Å². The zero-order valence-corrected chi connectivity index (χ0v) is 25.8. The fourth-order valence-electron chi connectivity index (χ4n) is 5.47. The highest BCUT2D eigenvalue weighted by atomic mass is 35.5. The smallest absolute Gasteiger partial charge is 0.247 e. The minimum atomic E-state index is -1.49. The number of nitrogens with one attached hydrogen (secondary N) is 1. The van der Waals surface area contributed by atoms with Crippen LogP contribution in [0.15, 0.2) is 53.6 Å². The molecule has 244 valence electrons. The van der Waals surface area contributed by atoms with Crippen LogP contribution in [0.4, 0.5) is 4.39 Å². The van der Waals surface area contributed by atoms with E-state index in [1.54, 1.807) is 31.2 Å². The van der Waals surface area contributed by atoms with Gasteiger partial charge in [0, 0.05) is 17.0 Å². The lowest BCUT2D eigenvalue weighted by Gasteiger charge is -2.41. The molecule has 0 bridgehead atoms. The summed E-state index contributed by atoms with van der Waals surface area (Å²) < 4.78 is 42.7. The van der Waals surface area contributed by atoms with Crippen LogP contribution in [-0.2, 0) is 19.0 Å². The molecule has 2 aliphatic heterocycles. The highest BCUT2D eigenvalue weighted by Gasteiger charge is 2.53. The Morgan fingerprint density at radius 1 is 1.02 bits per heavy atom. The molecule has 3 aliphatic rings. The van der Waals surface area contributed by atoms with Gasteiger partial charge in [0.15, 0.2) is 11.6 Å². The molecule has 0 aromatic heterocycles. The Morgan fingerprint density at radius 3 is 2.44 bits per heavy atom. The van der Waals surface area contributed by atoms with E-state index in [9.17, 15) is 29.6 Å². The van der Waals surface area contributed by atoms with Gasteiger partial charge in [-0.15, -0.1) is 0 Å². The van der Waals surface area contributed by atoms with Crippen LogP contribution in [0.1, 0.15) is 25.8 Å². The Kier molecular flexibility index (Phi) is 10.7. The van der Waals surface area contributed by atoms with Crippen LogP contribution in [0.2, 0.25) is 10.0 Å². The van der Waals surface area contributed by atoms with Crippen molar-refractivity contribution >= 4 is 35.2 Å². The molecule has 14 heteroatoms. The molecule has 1 aliphatic carbocycles. The monoisotopic (exact) mass is 669 g/mol. The summed E-state index contributed by atoms with van der Waals surface area (Å²) in [5, 5.41) is 45.2. The molecule has 1 saturated carbocycles. The van der Waals surface area contributed by atoms with Crippen LogP contribution in [0.5, 0.6) is 11.5 Å². The minimum Gasteiger partial charge on any atom is -0.488 e. The molecule has 5 N–H and O–H groups in total. The molecule has 2 heterocycles. The fraction of sp³-hybridized carbons (Fsp3) is 0.452. The van der Waals surface area contributed by atoms with Crippen molar-refractivity contribution in [3.63, 3.8) is 0 Å². The van der Waals surface area contributed by atoms with Gasteiger partial charge in [0.1, 0.15) is 55.8 Å². The topological polar surface area (TPSA) is 156 Å². The van der Waals surface area contributed by atoms with E-state index in [-0.39, 0.29) is 31.1 Å². The van der Waals surface area contributed by atoms with Gasteiger partial charge in [0.2, 0.25) is 12.2 Å². The van der Waals surface area contributed by atoms with E-state index in [0.717, 1.165) is 0 Å². The van der Waals surface area contributed by atoms with E-state index in [0.29, 0.717) is 26.9 Å². The second kappa shape index (κ2) is 14.3. The predicted octanol–water partition coefficient (Wildman–Crippen LogP) is 2.74. The maximum Gasteiger partial charge on any atom is 0.247 e. The summed E-state index contributed by atoms with van der Waals surface area (Å²) in [5.74, 6) is -1.01. The first-order valence-electron chi connectivity index (χ1n) is 14.2. The Balaban J connectivity index is 1.15. The van der Waals surface area contributed by atoms with Crippen LogP contribution in [0, 0.1) is 5.82 Å². The number of carbonyl (C=O) groups excluding carboxylic acids is 1. The Bertz CT molecular complexity index is 1460. The fourth-order valence-corrected chi connectivity index (χ4v) is 5.93. The molecule has 2 aromatic rings. The molecule has 0 radical (unpaired) electrons. The van der Waals surface area contributed by atoms with Crippen LogP contribution < -0.4 is 14.8 Å². The van der Waals surface area contributed by atoms with Gasteiger partial charge in [-0.25, -0.2) is 4.39 Å². The first-order chi connectivity index (χ1) is 21.4. The molecule has 9 atom stereocenters. The Hall–Kier alpha value is -2.78. The van der Waals surface area contributed by atoms with Crippen molar-refractivity contribution in [3.8, 4) is 11.5 Å². The van der Waals surface area contributed by atoms with Crippen molar-refractivity contribution < 1.29 is 53.3 Å². The number of carbonyl (C=O) groups is 1. The number of hydrogen-bond donors (Lipinski definition) is 5. The number of fused-ring (bicyclic) bond motifs is 1. The average Bonchev–Trinajstić information content (AvgIpc) is 3.63. The lowest BCUT2D eigenvalue weighted by atomic mass is 9.83. The first-order valence-corrected chi connectivity index (χ1v) is 15.0. The summed E-state index contributed by atoms with van der Waals surface area (Å²) in [5.41, 5.74) is 1.19. The van der Waals surface area contributed by atoms with E-state index >= 15 is 0 Å². The number of aliphatic hydroxyl groups is 4. The summed E-state index contributed by atoms with van der Waals surface area (Å²) in [6.07, 6.45) is -5.24.